The van der Waals surface area contributed by atoms with Crippen LogP contribution in [0.5, 0.6) is 0 Å². The summed E-state index contributed by atoms with van der Waals surface area (Å²) in [5.41, 5.74) is 5.07. The van der Waals surface area contributed by atoms with Gasteiger partial charge in [0.15, 0.2) is 0 Å². The van der Waals surface area contributed by atoms with Crippen LogP contribution in [0.25, 0.3) is 0 Å². The fourth-order valence-corrected chi connectivity index (χ4v) is 2.73. The topological polar surface area (TPSA) is 96.2 Å². The zero-order valence-electron chi connectivity index (χ0n) is 13.6. The number of nitrogens with two attached hydrogens (primary N) is 1. The van der Waals surface area contributed by atoms with Gasteiger partial charge in [0.1, 0.15) is 5.54 Å². The average Bonchev–Trinajstić information content (AvgIpc) is 2.94. The lowest BCUT2D eigenvalue weighted by Gasteiger charge is -2.32. The van der Waals surface area contributed by atoms with E-state index in [9.17, 15) is 9.59 Å². The molecule has 0 aromatic rings. The normalized spacial score (nSPS) is 17.3. The maximum Gasteiger partial charge on any atom is 0.315 e. The lowest BCUT2D eigenvalue weighted by Crippen LogP contribution is -2.61. The lowest BCUT2D eigenvalue weighted by atomic mass is 9.92. The van der Waals surface area contributed by atoms with Gasteiger partial charge in [-0.2, -0.15) is 0 Å². The molecule has 0 unspecified atom stereocenters. The summed E-state index contributed by atoms with van der Waals surface area (Å²) in [6, 6.07) is -0.278. The van der Waals surface area contributed by atoms with Gasteiger partial charge in [-0.25, -0.2) is 4.79 Å². The van der Waals surface area contributed by atoms with Crippen LogP contribution in [0.4, 0.5) is 4.79 Å². The number of nitrogens with one attached hydrogen (secondary N) is 3. The molecule has 6 heteroatoms. The number of amides is 3. The summed E-state index contributed by atoms with van der Waals surface area (Å²) in [6.07, 6.45) is 4.89. The van der Waals surface area contributed by atoms with Crippen molar-refractivity contribution in [3.63, 3.8) is 0 Å². The maximum absolute atomic E-state index is 12.6. The smallest absolute Gasteiger partial charge is 0.315 e. The van der Waals surface area contributed by atoms with Crippen LogP contribution in [0.15, 0.2) is 0 Å². The quantitative estimate of drug-likeness (QED) is 0.569. The molecule has 1 aliphatic carbocycles. The largest absolute Gasteiger partial charge is 0.352 e. The molecule has 1 fully saturated rings. The number of carbonyl (C=O) groups excluding carboxylic acids is 2. The van der Waals surface area contributed by atoms with Gasteiger partial charge in [-0.3, -0.25) is 4.79 Å². The van der Waals surface area contributed by atoms with Crippen LogP contribution in [0.3, 0.4) is 0 Å². The van der Waals surface area contributed by atoms with E-state index in [1.165, 1.54) is 0 Å². The summed E-state index contributed by atoms with van der Waals surface area (Å²) in [5, 5.41) is 8.50. The van der Waals surface area contributed by atoms with Gasteiger partial charge in [-0.1, -0.05) is 26.7 Å². The fraction of sp³-hybridized carbons (Fsp3) is 0.867. The summed E-state index contributed by atoms with van der Waals surface area (Å²) >= 11 is 0. The Kier molecular flexibility index (Phi) is 6.45. The lowest BCUT2D eigenvalue weighted by molar-refractivity contribution is -0.127. The molecule has 0 aromatic carbocycles. The number of hydrogen-bond acceptors (Lipinski definition) is 3. The zero-order valence-corrected chi connectivity index (χ0v) is 13.6. The highest BCUT2D eigenvalue weighted by Gasteiger charge is 2.42. The Labute approximate surface area is 127 Å². The van der Waals surface area contributed by atoms with Gasteiger partial charge in [-0.05, 0) is 32.6 Å². The minimum absolute atomic E-state index is 0.108. The molecule has 0 heterocycles. The summed E-state index contributed by atoms with van der Waals surface area (Å²) in [4.78, 5) is 24.4. The van der Waals surface area contributed by atoms with E-state index in [0.717, 1.165) is 25.7 Å². The predicted octanol–water partition coefficient (Wildman–Crippen LogP) is 1.25. The third-order valence-electron chi connectivity index (χ3n) is 4.59. The second-order valence-corrected chi connectivity index (χ2v) is 6.03. The molecule has 1 aliphatic rings. The molecule has 5 N–H and O–H groups in total. The van der Waals surface area contributed by atoms with Crippen LogP contribution in [-0.4, -0.2) is 36.1 Å². The molecule has 0 radical (unpaired) electrons. The van der Waals surface area contributed by atoms with E-state index in [4.69, 9.17) is 5.73 Å². The van der Waals surface area contributed by atoms with Gasteiger partial charge in [-0.15, -0.1) is 0 Å². The molecule has 21 heavy (non-hydrogen) atoms. The van der Waals surface area contributed by atoms with Crippen molar-refractivity contribution in [3.8, 4) is 0 Å². The third-order valence-corrected chi connectivity index (χ3v) is 4.59. The van der Waals surface area contributed by atoms with Gasteiger partial charge in [0.05, 0.1) is 0 Å². The summed E-state index contributed by atoms with van der Waals surface area (Å²) in [6.45, 7) is 6.88. The Bertz CT molecular complexity index is 361. The van der Waals surface area contributed by atoms with E-state index in [1.807, 2.05) is 20.8 Å². The molecule has 0 aliphatic heterocycles. The summed E-state index contributed by atoms with van der Waals surface area (Å²) in [7, 11) is 0. The van der Waals surface area contributed by atoms with Crippen molar-refractivity contribution in [2.45, 2.75) is 70.4 Å². The van der Waals surface area contributed by atoms with E-state index in [2.05, 4.69) is 16.0 Å². The number of hydrogen-bond donors (Lipinski definition) is 4. The molecular formula is C15H30N4O2. The predicted molar refractivity (Wildman–Crippen MR) is 83.9 cm³/mol. The van der Waals surface area contributed by atoms with Crippen molar-refractivity contribution in [3.05, 3.63) is 0 Å². The minimum atomic E-state index is -0.776. The third kappa shape index (κ3) is 4.59. The molecule has 122 valence electrons. The molecule has 3 amide bonds. The highest BCUT2D eigenvalue weighted by Crippen LogP contribution is 2.30. The number of carbonyl (C=O) groups is 2. The Hall–Kier alpha value is -1.30. The van der Waals surface area contributed by atoms with Gasteiger partial charge < -0.3 is 21.7 Å². The van der Waals surface area contributed by atoms with Crippen LogP contribution in [0.2, 0.25) is 0 Å². The molecule has 0 aromatic heterocycles. The van der Waals surface area contributed by atoms with Crippen molar-refractivity contribution in [2.24, 2.45) is 5.73 Å². The Morgan fingerprint density at radius 3 is 2.14 bits per heavy atom. The Balaban J connectivity index is 2.67. The summed E-state index contributed by atoms with van der Waals surface area (Å²) < 4.78 is 0. The number of urea groups is 1. The van der Waals surface area contributed by atoms with Crippen LogP contribution in [0, 0.1) is 0 Å². The van der Waals surface area contributed by atoms with Crippen molar-refractivity contribution >= 4 is 11.9 Å². The van der Waals surface area contributed by atoms with E-state index < -0.39 is 5.54 Å². The molecular weight excluding hydrogens is 268 g/mol. The first-order valence-electron chi connectivity index (χ1n) is 8.04. The molecule has 1 rings (SSSR count). The van der Waals surface area contributed by atoms with E-state index in [1.54, 1.807) is 0 Å². The minimum Gasteiger partial charge on any atom is -0.352 e. The van der Waals surface area contributed by atoms with Crippen LogP contribution in [-0.2, 0) is 4.79 Å². The molecule has 0 spiro atoms. The van der Waals surface area contributed by atoms with Gasteiger partial charge in [0.25, 0.3) is 0 Å². The van der Waals surface area contributed by atoms with Gasteiger partial charge in [0.2, 0.25) is 5.91 Å². The van der Waals surface area contributed by atoms with Gasteiger partial charge in [0, 0.05) is 18.6 Å². The monoisotopic (exact) mass is 298 g/mol. The molecule has 6 nitrogen and oxygen atoms in total. The average molecular weight is 298 g/mol. The van der Waals surface area contributed by atoms with Crippen LogP contribution in [0.1, 0.15) is 59.3 Å². The van der Waals surface area contributed by atoms with Crippen molar-refractivity contribution < 1.29 is 9.59 Å². The molecule has 0 atom stereocenters. The number of rotatable bonds is 7. The van der Waals surface area contributed by atoms with E-state index in [0.29, 0.717) is 25.9 Å². The molecule has 1 saturated carbocycles. The van der Waals surface area contributed by atoms with Crippen LogP contribution < -0.4 is 21.7 Å². The first-order chi connectivity index (χ1) is 9.91. The van der Waals surface area contributed by atoms with Gasteiger partial charge >= 0.3 is 6.03 Å². The first kappa shape index (κ1) is 17.8. The van der Waals surface area contributed by atoms with Crippen molar-refractivity contribution in [2.75, 3.05) is 13.1 Å². The second-order valence-electron chi connectivity index (χ2n) is 6.03. The zero-order chi connectivity index (χ0) is 15.9. The summed E-state index contributed by atoms with van der Waals surface area (Å²) in [5.74, 6) is -0.108. The highest BCUT2D eigenvalue weighted by molar-refractivity contribution is 5.91. The van der Waals surface area contributed by atoms with Crippen molar-refractivity contribution in [1.82, 2.24) is 16.0 Å². The maximum atomic E-state index is 12.6. The first-order valence-corrected chi connectivity index (χ1v) is 8.04. The standard InChI is InChI=1S/C15H30N4O2/c1-4-14(16,5-2)11-18-12(20)15(9-7-8-10-15)19-13(21)17-6-3/h4-11,16H2,1-3H3,(H,18,20)(H2,17,19,21). The van der Waals surface area contributed by atoms with E-state index in [-0.39, 0.29) is 17.5 Å². The highest BCUT2D eigenvalue weighted by atomic mass is 16.2. The molecule has 0 bridgehead atoms. The molecule has 0 saturated heterocycles. The van der Waals surface area contributed by atoms with E-state index >= 15 is 0 Å². The second kappa shape index (κ2) is 7.64. The Morgan fingerprint density at radius 1 is 1.10 bits per heavy atom. The van der Waals surface area contributed by atoms with Crippen LogP contribution >= 0.6 is 0 Å². The Morgan fingerprint density at radius 2 is 1.67 bits per heavy atom. The SMILES string of the molecule is CCNC(=O)NC1(C(=O)NCC(N)(CC)CC)CCCC1. The fourth-order valence-electron chi connectivity index (χ4n) is 2.73. The van der Waals surface area contributed by atoms with Crippen molar-refractivity contribution in [1.29, 1.82) is 0 Å².